The smallest absolute Gasteiger partial charge is 0.289 e. The Morgan fingerprint density at radius 1 is 1.14 bits per heavy atom. The molecule has 0 saturated heterocycles. The SMILES string of the molecule is CSc1c(C(=O)C(N)=O)c2c(OCOCO)cccc2n1Cc1ccccc1. The fraction of sp³-hybridized carbons (Fsp3) is 0.200. The number of primary amides is 1. The first-order valence-corrected chi connectivity index (χ1v) is 9.69. The lowest BCUT2D eigenvalue weighted by atomic mass is 10.1. The molecule has 3 rings (SSSR count). The highest BCUT2D eigenvalue weighted by molar-refractivity contribution is 7.98. The number of benzene rings is 2. The number of ether oxygens (including phenoxy) is 2. The van der Waals surface area contributed by atoms with Crippen LogP contribution in [0.4, 0.5) is 0 Å². The maximum Gasteiger partial charge on any atom is 0.289 e. The highest BCUT2D eigenvalue weighted by atomic mass is 32.2. The fourth-order valence-corrected chi connectivity index (χ4v) is 3.86. The summed E-state index contributed by atoms with van der Waals surface area (Å²) in [4.78, 5) is 24.4. The number of aromatic nitrogens is 1. The van der Waals surface area contributed by atoms with E-state index in [9.17, 15) is 9.59 Å². The molecule has 7 nitrogen and oxygen atoms in total. The van der Waals surface area contributed by atoms with Crippen LogP contribution in [0, 0.1) is 0 Å². The number of hydrogen-bond acceptors (Lipinski definition) is 6. The van der Waals surface area contributed by atoms with Crippen LogP contribution in [-0.2, 0) is 16.1 Å². The average Bonchev–Trinajstić information content (AvgIpc) is 3.02. The molecule has 0 atom stereocenters. The van der Waals surface area contributed by atoms with Gasteiger partial charge in [0.25, 0.3) is 11.7 Å². The van der Waals surface area contributed by atoms with Gasteiger partial charge in [0.05, 0.1) is 21.5 Å². The Kier molecular flexibility index (Phi) is 6.35. The van der Waals surface area contributed by atoms with Gasteiger partial charge in [-0.25, -0.2) is 0 Å². The summed E-state index contributed by atoms with van der Waals surface area (Å²) in [5, 5.41) is 9.92. The maximum absolute atomic E-state index is 12.7. The van der Waals surface area contributed by atoms with Crippen LogP contribution in [0.1, 0.15) is 15.9 Å². The number of Topliss-reactive ketones (excluding diaryl/α,β-unsaturated/α-hetero) is 1. The van der Waals surface area contributed by atoms with Crippen LogP contribution in [0.2, 0.25) is 0 Å². The van der Waals surface area contributed by atoms with Crippen molar-refractivity contribution in [1.82, 2.24) is 4.57 Å². The molecule has 0 aliphatic heterocycles. The van der Waals surface area contributed by atoms with E-state index in [1.165, 1.54) is 11.8 Å². The zero-order chi connectivity index (χ0) is 20.1. The summed E-state index contributed by atoms with van der Waals surface area (Å²) in [6, 6.07) is 15.1. The van der Waals surface area contributed by atoms with E-state index in [1.807, 2.05) is 47.2 Å². The van der Waals surface area contributed by atoms with Gasteiger partial charge in [0.1, 0.15) is 12.5 Å². The van der Waals surface area contributed by atoms with Gasteiger partial charge < -0.3 is 24.9 Å². The average molecular weight is 400 g/mol. The van der Waals surface area contributed by atoms with Gasteiger partial charge in [0, 0.05) is 6.54 Å². The van der Waals surface area contributed by atoms with Crippen LogP contribution in [-0.4, -0.2) is 41.2 Å². The van der Waals surface area contributed by atoms with Gasteiger partial charge in [-0.05, 0) is 24.0 Å². The Balaban J connectivity index is 2.23. The number of fused-ring (bicyclic) bond motifs is 1. The lowest BCUT2D eigenvalue weighted by Gasteiger charge is -2.10. The summed E-state index contributed by atoms with van der Waals surface area (Å²) in [6.45, 7) is -0.178. The van der Waals surface area contributed by atoms with Crippen molar-refractivity contribution in [1.29, 1.82) is 0 Å². The van der Waals surface area contributed by atoms with Gasteiger partial charge in [-0.2, -0.15) is 0 Å². The number of carbonyl (C=O) groups is 2. The lowest BCUT2D eigenvalue weighted by molar-refractivity contribution is -0.114. The van der Waals surface area contributed by atoms with Crippen molar-refractivity contribution in [3.63, 3.8) is 0 Å². The Hall–Kier alpha value is -2.81. The Labute approximate surface area is 166 Å². The minimum Gasteiger partial charge on any atom is -0.467 e. The zero-order valence-corrected chi connectivity index (χ0v) is 16.1. The van der Waals surface area contributed by atoms with Crippen LogP contribution < -0.4 is 10.5 Å². The van der Waals surface area contributed by atoms with Gasteiger partial charge in [0.15, 0.2) is 6.79 Å². The predicted molar refractivity (Wildman–Crippen MR) is 106 cm³/mol. The number of thioether (sulfide) groups is 1. The third-order valence-corrected chi connectivity index (χ3v) is 5.03. The van der Waals surface area contributed by atoms with Crippen LogP contribution >= 0.6 is 11.8 Å². The summed E-state index contributed by atoms with van der Waals surface area (Å²) < 4.78 is 12.4. The molecule has 28 heavy (non-hydrogen) atoms. The molecule has 3 aromatic rings. The van der Waals surface area contributed by atoms with Crippen LogP contribution in [0.15, 0.2) is 53.6 Å². The van der Waals surface area contributed by atoms with Crippen molar-refractivity contribution >= 4 is 34.4 Å². The van der Waals surface area contributed by atoms with E-state index in [-0.39, 0.29) is 12.4 Å². The topological polar surface area (TPSA) is 104 Å². The minimum absolute atomic E-state index is 0.196. The van der Waals surface area contributed by atoms with Crippen molar-refractivity contribution in [2.24, 2.45) is 5.73 Å². The number of aliphatic hydroxyl groups is 1. The van der Waals surface area contributed by atoms with Gasteiger partial charge in [-0.15, -0.1) is 11.8 Å². The monoisotopic (exact) mass is 400 g/mol. The quantitative estimate of drug-likeness (QED) is 0.188. The summed E-state index contributed by atoms with van der Waals surface area (Å²) in [7, 11) is 0. The second-order valence-electron chi connectivity index (χ2n) is 5.90. The molecule has 0 aliphatic rings. The number of hydrogen-bond donors (Lipinski definition) is 2. The second-order valence-corrected chi connectivity index (χ2v) is 6.69. The van der Waals surface area contributed by atoms with E-state index >= 15 is 0 Å². The molecule has 3 N–H and O–H groups in total. The second kappa shape index (κ2) is 8.92. The first-order chi connectivity index (χ1) is 13.6. The first-order valence-electron chi connectivity index (χ1n) is 8.47. The molecule has 0 aliphatic carbocycles. The molecule has 0 radical (unpaired) electrons. The summed E-state index contributed by atoms with van der Waals surface area (Å²) in [5.41, 5.74) is 7.30. The molecule has 1 aromatic heterocycles. The Morgan fingerprint density at radius 3 is 2.54 bits per heavy atom. The molecule has 0 bridgehead atoms. The molecule has 1 amide bonds. The van der Waals surface area contributed by atoms with Gasteiger partial charge >= 0.3 is 0 Å². The summed E-state index contributed by atoms with van der Waals surface area (Å²) in [5.74, 6) is -1.44. The first kappa shape index (κ1) is 19.9. The Bertz CT molecular complexity index is 1000. The van der Waals surface area contributed by atoms with E-state index in [2.05, 4.69) is 0 Å². The standard InChI is InChI=1S/C20H20N2O5S/c1-28-20-17(18(24)19(21)25)16-14(8-5-9-15(16)27-12-26-11-23)22(20)10-13-6-3-2-4-7-13/h2-9,23H,10-12H2,1H3,(H2,21,25). The van der Waals surface area contributed by atoms with Crippen molar-refractivity contribution < 1.29 is 24.2 Å². The number of carbonyl (C=O) groups excluding carboxylic acids is 2. The highest BCUT2D eigenvalue weighted by Gasteiger charge is 2.27. The van der Waals surface area contributed by atoms with Gasteiger partial charge in [-0.1, -0.05) is 36.4 Å². The van der Waals surface area contributed by atoms with Gasteiger partial charge in [-0.3, -0.25) is 9.59 Å². The van der Waals surface area contributed by atoms with E-state index in [0.29, 0.717) is 22.7 Å². The highest BCUT2D eigenvalue weighted by Crippen LogP contribution is 2.38. The lowest BCUT2D eigenvalue weighted by Crippen LogP contribution is -2.23. The van der Waals surface area contributed by atoms with Crippen LogP contribution in [0.5, 0.6) is 5.75 Å². The number of nitrogens with two attached hydrogens (primary N) is 1. The van der Waals surface area contributed by atoms with E-state index in [1.54, 1.807) is 12.1 Å². The number of aliphatic hydroxyl groups excluding tert-OH is 1. The fourth-order valence-electron chi connectivity index (χ4n) is 3.08. The number of ketones is 1. The molecular weight excluding hydrogens is 380 g/mol. The van der Waals surface area contributed by atoms with Gasteiger partial charge in [0.2, 0.25) is 0 Å². The van der Waals surface area contributed by atoms with Crippen LogP contribution in [0.3, 0.4) is 0 Å². The van der Waals surface area contributed by atoms with E-state index < -0.39 is 18.5 Å². The van der Waals surface area contributed by atoms with Crippen molar-refractivity contribution in [3.05, 3.63) is 59.7 Å². The third kappa shape index (κ3) is 3.89. The largest absolute Gasteiger partial charge is 0.467 e. The molecule has 2 aromatic carbocycles. The molecule has 146 valence electrons. The summed E-state index contributed by atoms with van der Waals surface area (Å²) in [6.07, 6.45) is 1.84. The van der Waals surface area contributed by atoms with Crippen molar-refractivity contribution in [2.45, 2.75) is 11.6 Å². The number of nitrogens with zero attached hydrogens (tertiary/aromatic N) is 1. The van der Waals surface area contributed by atoms with Crippen LogP contribution in [0.25, 0.3) is 10.9 Å². The van der Waals surface area contributed by atoms with Crippen molar-refractivity contribution in [2.75, 3.05) is 19.8 Å². The molecular formula is C20H20N2O5S. The van der Waals surface area contributed by atoms with Crippen molar-refractivity contribution in [3.8, 4) is 5.75 Å². The van der Waals surface area contributed by atoms with E-state index in [4.69, 9.17) is 20.3 Å². The molecule has 0 spiro atoms. The molecule has 0 unspecified atom stereocenters. The molecule has 8 heteroatoms. The normalized spacial score (nSPS) is 10.9. The maximum atomic E-state index is 12.7. The third-order valence-electron chi connectivity index (χ3n) is 4.22. The zero-order valence-electron chi connectivity index (χ0n) is 15.3. The summed E-state index contributed by atoms with van der Waals surface area (Å²) >= 11 is 1.36. The minimum atomic E-state index is -1.03. The Morgan fingerprint density at radius 2 is 1.89 bits per heavy atom. The molecule has 0 fully saturated rings. The predicted octanol–water partition coefficient (Wildman–Crippen LogP) is 2.38. The number of rotatable bonds is 9. The van der Waals surface area contributed by atoms with E-state index in [0.717, 1.165) is 11.1 Å². The molecule has 1 heterocycles. The molecule has 0 saturated carbocycles. The number of amides is 1.